The van der Waals surface area contributed by atoms with Crippen molar-refractivity contribution in [1.29, 1.82) is 0 Å². The lowest BCUT2D eigenvalue weighted by atomic mass is 10.1. The van der Waals surface area contributed by atoms with Crippen LogP contribution in [-0.2, 0) is 4.79 Å². The van der Waals surface area contributed by atoms with Crippen LogP contribution in [0.5, 0.6) is 0 Å². The van der Waals surface area contributed by atoms with E-state index in [1.54, 1.807) is 31.7 Å². The Morgan fingerprint density at radius 1 is 1.00 bits per heavy atom. The van der Waals surface area contributed by atoms with Crippen LogP contribution in [0.2, 0.25) is 0 Å². The third-order valence-electron chi connectivity index (χ3n) is 6.70. The van der Waals surface area contributed by atoms with E-state index in [0.29, 0.717) is 16.2 Å². The number of aromatic nitrogens is 6. The van der Waals surface area contributed by atoms with Gasteiger partial charge in [-0.2, -0.15) is 5.10 Å². The van der Waals surface area contributed by atoms with Gasteiger partial charge in [-0.15, -0.1) is 11.3 Å². The molecule has 6 aromatic heterocycles. The largest absolute Gasteiger partial charge is 0.353 e. The predicted octanol–water partition coefficient (Wildman–Crippen LogP) is 5.84. The van der Waals surface area contributed by atoms with Crippen molar-refractivity contribution in [2.24, 2.45) is 5.92 Å². The van der Waals surface area contributed by atoms with Gasteiger partial charge in [-0.05, 0) is 56.2 Å². The van der Waals surface area contributed by atoms with Crippen LogP contribution >= 0.6 is 11.3 Å². The Morgan fingerprint density at radius 2 is 1.87 bits per heavy atom. The van der Waals surface area contributed by atoms with E-state index in [2.05, 4.69) is 35.5 Å². The summed E-state index contributed by atoms with van der Waals surface area (Å²) >= 11 is 1.44. The first-order valence-corrected chi connectivity index (χ1v) is 13.0. The summed E-state index contributed by atoms with van der Waals surface area (Å²) in [6.07, 6.45) is 8.82. The first-order valence-electron chi connectivity index (χ1n) is 12.2. The number of hydrogen-bond donors (Lipinski definition) is 3. The number of ketones is 1. The number of carbonyl (C=O) groups is 2. The number of nitrogens with zero attached hydrogens (tertiary/aromatic N) is 4. The summed E-state index contributed by atoms with van der Waals surface area (Å²) in [5.41, 5.74) is 6.38. The summed E-state index contributed by atoms with van der Waals surface area (Å²) in [5.74, 6) is 0.206. The number of rotatable bonds is 6. The van der Waals surface area contributed by atoms with Crippen LogP contribution in [-0.4, -0.2) is 41.8 Å². The van der Waals surface area contributed by atoms with Crippen LogP contribution in [0.4, 0.5) is 5.69 Å². The number of H-pyrrole nitrogens is 2. The second-order valence-corrected chi connectivity index (χ2v) is 10.5. The molecule has 186 valence electrons. The zero-order valence-corrected chi connectivity index (χ0v) is 21.1. The molecule has 3 N–H and O–H groups in total. The molecule has 0 spiro atoms. The van der Waals surface area contributed by atoms with Crippen molar-refractivity contribution in [3.8, 4) is 33.1 Å². The minimum atomic E-state index is 0.0430. The van der Waals surface area contributed by atoms with E-state index in [-0.39, 0.29) is 17.6 Å². The highest BCUT2D eigenvalue weighted by Crippen LogP contribution is 2.36. The molecular formula is C28H21N7O2S. The molecule has 1 amide bonds. The molecule has 7 rings (SSSR count). The van der Waals surface area contributed by atoms with Crippen LogP contribution in [0, 0.1) is 5.92 Å². The van der Waals surface area contributed by atoms with Gasteiger partial charge < -0.3 is 10.3 Å². The Kier molecular flexibility index (Phi) is 5.15. The van der Waals surface area contributed by atoms with Gasteiger partial charge >= 0.3 is 0 Å². The minimum absolute atomic E-state index is 0.0430. The van der Waals surface area contributed by atoms with E-state index in [1.807, 2.05) is 36.4 Å². The highest BCUT2D eigenvalue weighted by Gasteiger charge is 2.29. The normalized spacial score (nSPS) is 13.3. The van der Waals surface area contributed by atoms with E-state index < -0.39 is 0 Å². The van der Waals surface area contributed by atoms with Gasteiger partial charge in [0.25, 0.3) is 0 Å². The third-order valence-corrected chi connectivity index (χ3v) is 7.89. The quantitative estimate of drug-likeness (QED) is 0.237. The maximum atomic E-state index is 12.2. The number of fused-ring (bicyclic) bond motifs is 2. The van der Waals surface area contributed by atoms with E-state index in [4.69, 9.17) is 0 Å². The van der Waals surface area contributed by atoms with Gasteiger partial charge in [0.2, 0.25) is 5.91 Å². The molecule has 0 saturated heterocycles. The zero-order chi connectivity index (χ0) is 25.8. The number of aromatic amines is 2. The van der Waals surface area contributed by atoms with E-state index >= 15 is 0 Å². The van der Waals surface area contributed by atoms with Crippen LogP contribution in [0.25, 0.3) is 55.0 Å². The lowest BCUT2D eigenvalue weighted by molar-refractivity contribution is -0.117. The lowest BCUT2D eigenvalue weighted by Gasteiger charge is -2.07. The summed E-state index contributed by atoms with van der Waals surface area (Å²) in [5, 5.41) is 12.3. The Balaban J connectivity index is 1.27. The average Bonchev–Trinajstić information content (AvgIpc) is 3.32. The number of nitrogens with one attached hydrogen (secondary N) is 3. The fourth-order valence-corrected chi connectivity index (χ4v) is 5.47. The second-order valence-electron chi connectivity index (χ2n) is 9.44. The molecule has 1 aliphatic carbocycles. The minimum Gasteiger partial charge on any atom is -0.353 e. The van der Waals surface area contributed by atoms with Crippen molar-refractivity contribution >= 4 is 50.7 Å². The van der Waals surface area contributed by atoms with Crippen LogP contribution < -0.4 is 5.32 Å². The Labute approximate surface area is 220 Å². The van der Waals surface area contributed by atoms with E-state index in [1.165, 1.54) is 11.3 Å². The van der Waals surface area contributed by atoms with Crippen molar-refractivity contribution in [2.45, 2.75) is 19.8 Å². The number of anilines is 1. The fourth-order valence-electron chi connectivity index (χ4n) is 4.56. The number of thiophene rings is 1. The maximum Gasteiger partial charge on any atom is 0.227 e. The highest BCUT2D eigenvalue weighted by molar-refractivity contribution is 7.17. The summed E-state index contributed by atoms with van der Waals surface area (Å²) in [6, 6.07) is 11.7. The predicted molar refractivity (Wildman–Crippen MR) is 147 cm³/mol. The van der Waals surface area contributed by atoms with E-state index in [9.17, 15) is 9.59 Å². The zero-order valence-electron chi connectivity index (χ0n) is 20.3. The van der Waals surface area contributed by atoms with Gasteiger partial charge in [0.1, 0.15) is 0 Å². The molecule has 38 heavy (non-hydrogen) atoms. The highest BCUT2D eigenvalue weighted by atomic mass is 32.1. The second kappa shape index (κ2) is 8.70. The number of hydrogen-bond acceptors (Lipinski definition) is 7. The van der Waals surface area contributed by atoms with Gasteiger partial charge in [-0.3, -0.25) is 24.7 Å². The Hall–Kier alpha value is -4.70. The number of amides is 1. The third kappa shape index (κ3) is 3.95. The fraction of sp³-hybridized carbons (Fsp3) is 0.143. The molecule has 1 aliphatic rings. The molecule has 1 saturated carbocycles. The standard InChI is InChI=1S/C28H21N7O2S/c1-14(36)23-4-5-24(38-23)26-19-10-22(33-21(19)6-7-30-26)25-20-9-17(12-31-27(20)35-34-25)16-8-18(13-29-11-16)32-28(37)15-2-3-15/h4-13,15,33H,2-3H2,1H3,(H,32,37)(H,31,34,35). The van der Waals surface area contributed by atoms with Gasteiger partial charge in [0.05, 0.1) is 38.7 Å². The molecule has 1 fully saturated rings. The number of pyridine rings is 3. The van der Waals surface area contributed by atoms with Gasteiger partial charge in [0, 0.05) is 51.9 Å². The van der Waals surface area contributed by atoms with E-state index in [0.717, 1.165) is 62.2 Å². The van der Waals surface area contributed by atoms with Gasteiger partial charge in [-0.25, -0.2) is 4.98 Å². The SMILES string of the molecule is CC(=O)c1ccc(-c2nccc3[nH]c(-c4[nH]nc5ncc(-c6cncc(NC(=O)C7CC7)c6)cc45)cc23)s1. The molecule has 0 aromatic carbocycles. The number of carbonyl (C=O) groups excluding carboxylic acids is 2. The first kappa shape index (κ1) is 22.5. The Morgan fingerprint density at radius 3 is 2.68 bits per heavy atom. The molecule has 6 heterocycles. The van der Waals surface area contributed by atoms with Crippen molar-refractivity contribution in [2.75, 3.05) is 5.32 Å². The van der Waals surface area contributed by atoms with Crippen LogP contribution in [0.1, 0.15) is 29.4 Å². The summed E-state index contributed by atoms with van der Waals surface area (Å²) in [4.78, 5) is 42.6. The first-order chi connectivity index (χ1) is 18.5. The molecule has 0 atom stereocenters. The monoisotopic (exact) mass is 519 g/mol. The molecule has 0 aliphatic heterocycles. The van der Waals surface area contributed by atoms with Crippen LogP contribution in [0.3, 0.4) is 0 Å². The molecular weight excluding hydrogens is 498 g/mol. The Bertz CT molecular complexity index is 1880. The van der Waals surface area contributed by atoms with Crippen molar-refractivity contribution in [1.82, 2.24) is 30.1 Å². The van der Waals surface area contributed by atoms with Gasteiger partial charge in [0.15, 0.2) is 11.4 Å². The van der Waals surface area contributed by atoms with Crippen LogP contribution in [0.15, 0.2) is 61.2 Å². The smallest absolute Gasteiger partial charge is 0.227 e. The van der Waals surface area contributed by atoms with Crippen molar-refractivity contribution in [3.63, 3.8) is 0 Å². The topological polar surface area (TPSA) is 129 Å². The van der Waals surface area contributed by atoms with Gasteiger partial charge in [-0.1, -0.05) is 0 Å². The molecule has 6 aromatic rings. The molecule has 0 radical (unpaired) electrons. The molecule has 10 heteroatoms. The molecule has 0 bridgehead atoms. The summed E-state index contributed by atoms with van der Waals surface area (Å²) < 4.78 is 0. The summed E-state index contributed by atoms with van der Waals surface area (Å²) in [6.45, 7) is 1.57. The summed E-state index contributed by atoms with van der Waals surface area (Å²) in [7, 11) is 0. The number of Topliss-reactive ketones (excluding diaryl/α,β-unsaturated/α-hetero) is 1. The molecule has 0 unspecified atom stereocenters. The lowest BCUT2D eigenvalue weighted by Crippen LogP contribution is -2.13. The van der Waals surface area contributed by atoms with Crippen molar-refractivity contribution in [3.05, 3.63) is 66.1 Å². The van der Waals surface area contributed by atoms with Crippen molar-refractivity contribution < 1.29 is 9.59 Å². The average molecular weight is 520 g/mol. The maximum absolute atomic E-state index is 12.2. The molecule has 9 nitrogen and oxygen atoms in total.